The molecule has 0 spiro atoms. The number of imidazole rings is 1. The molecule has 1 aliphatic carbocycles. The number of aliphatic imine (C=N–C) groups is 1. The number of nitrogens with zero attached hydrogens (tertiary/aromatic N) is 4. The Kier molecular flexibility index (Phi) is 5.84. The first-order chi connectivity index (χ1) is 16.4. The van der Waals surface area contributed by atoms with Crippen LogP contribution in [-0.4, -0.2) is 44.5 Å². The van der Waals surface area contributed by atoms with Gasteiger partial charge < -0.3 is 10.4 Å². The van der Waals surface area contributed by atoms with Crippen LogP contribution in [0.4, 0.5) is 19.0 Å². The molecule has 0 unspecified atom stereocenters. The second-order valence-electron chi connectivity index (χ2n) is 8.37. The number of nitrogens with one attached hydrogen (secondary N) is 1. The van der Waals surface area contributed by atoms with E-state index in [9.17, 15) is 13.2 Å². The van der Waals surface area contributed by atoms with Gasteiger partial charge in [-0.25, -0.2) is 9.97 Å². The zero-order chi connectivity index (χ0) is 23.7. The fourth-order valence-electron chi connectivity index (χ4n) is 3.98. The third-order valence-corrected chi connectivity index (χ3v) is 5.85. The fourth-order valence-corrected chi connectivity index (χ4v) is 3.98. The van der Waals surface area contributed by atoms with Gasteiger partial charge in [-0.3, -0.25) is 9.39 Å². The molecule has 174 valence electrons. The topological polar surface area (TPSA) is 74.8 Å². The van der Waals surface area contributed by atoms with Crippen LogP contribution in [0.25, 0.3) is 22.5 Å². The maximum absolute atomic E-state index is 12.6. The standard InChI is InChI=1S/C25H22F3N5O/c26-25(27,28)9-10-29-23-24-31-14-22(33(24)15-20(32-23)2-1-11-34)18-7-3-16(4-8-18)19-12-21(30-13-19)17-5-6-17/h3-4,7-8,13-15,17,34H,5-6,9-12H2,(H,29,32). The van der Waals surface area contributed by atoms with Crippen LogP contribution in [0.15, 0.2) is 47.9 Å². The van der Waals surface area contributed by atoms with Gasteiger partial charge in [0.2, 0.25) is 0 Å². The van der Waals surface area contributed by atoms with Crippen molar-refractivity contribution in [2.24, 2.45) is 10.9 Å². The Hall–Kier alpha value is -3.64. The largest absolute Gasteiger partial charge is 0.390 e. The van der Waals surface area contributed by atoms with E-state index in [2.05, 4.69) is 32.1 Å². The van der Waals surface area contributed by atoms with Crippen LogP contribution in [-0.2, 0) is 0 Å². The molecule has 0 atom stereocenters. The molecule has 1 fully saturated rings. The number of benzene rings is 1. The zero-order valence-electron chi connectivity index (χ0n) is 18.2. The predicted molar refractivity (Wildman–Crippen MR) is 124 cm³/mol. The van der Waals surface area contributed by atoms with E-state index in [0.717, 1.165) is 23.2 Å². The van der Waals surface area contributed by atoms with Gasteiger partial charge in [0.15, 0.2) is 11.5 Å². The number of rotatable bonds is 6. The Bertz CT molecular complexity index is 1340. The van der Waals surface area contributed by atoms with Crippen LogP contribution in [0.5, 0.6) is 0 Å². The minimum absolute atomic E-state index is 0.206. The zero-order valence-corrected chi connectivity index (χ0v) is 18.2. The Morgan fingerprint density at radius 1 is 1.15 bits per heavy atom. The number of aliphatic hydroxyl groups excluding tert-OH is 1. The van der Waals surface area contributed by atoms with Crippen molar-refractivity contribution in [3.63, 3.8) is 0 Å². The van der Waals surface area contributed by atoms with Crippen LogP contribution in [0.3, 0.4) is 0 Å². The molecular weight excluding hydrogens is 443 g/mol. The highest BCUT2D eigenvalue weighted by molar-refractivity contribution is 6.00. The fraction of sp³-hybridized carbons (Fsp3) is 0.320. The summed E-state index contributed by atoms with van der Waals surface area (Å²) in [5.41, 5.74) is 5.95. The van der Waals surface area contributed by atoms with Gasteiger partial charge in [-0.1, -0.05) is 30.2 Å². The molecule has 3 heterocycles. The van der Waals surface area contributed by atoms with Crippen LogP contribution in [0.1, 0.15) is 36.9 Å². The number of fused-ring (bicyclic) bond motifs is 1. The lowest BCUT2D eigenvalue weighted by molar-refractivity contribution is -0.131. The van der Waals surface area contributed by atoms with Crippen molar-refractivity contribution in [2.75, 3.05) is 18.5 Å². The lowest BCUT2D eigenvalue weighted by Gasteiger charge is -2.11. The van der Waals surface area contributed by atoms with E-state index in [1.54, 1.807) is 16.8 Å². The Balaban J connectivity index is 1.43. The summed E-state index contributed by atoms with van der Waals surface area (Å²) in [6.45, 7) is -0.684. The first-order valence-electron chi connectivity index (χ1n) is 11.1. The van der Waals surface area contributed by atoms with Gasteiger partial charge in [-0.05, 0) is 35.8 Å². The van der Waals surface area contributed by atoms with E-state index in [0.29, 0.717) is 17.3 Å². The lowest BCUT2D eigenvalue weighted by Crippen LogP contribution is -2.16. The third kappa shape index (κ3) is 4.82. The second-order valence-corrected chi connectivity index (χ2v) is 8.37. The van der Waals surface area contributed by atoms with Crippen molar-refractivity contribution in [3.8, 4) is 23.1 Å². The maximum Gasteiger partial charge on any atom is 0.390 e. The SMILES string of the molecule is OCC#Cc1cn2c(-c3ccc(C4=CN=C(C5CC5)C4)cc3)cnc2c(NCCC(F)(F)F)n1. The van der Waals surface area contributed by atoms with Crippen LogP contribution < -0.4 is 5.32 Å². The first kappa shape index (κ1) is 22.2. The monoisotopic (exact) mass is 465 g/mol. The molecule has 3 aromatic rings. The van der Waals surface area contributed by atoms with Crippen molar-refractivity contribution in [1.29, 1.82) is 0 Å². The summed E-state index contributed by atoms with van der Waals surface area (Å²) < 4.78 is 39.6. The minimum atomic E-state index is -4.28. The molecule has 2 aliphatic rings. The van der Waals surface area contributed by atoms with Gasteiger partial charge in [-0.15, -0.1) is 0 Å². The summed E-state index contributed by atoms with van der Waals surface area (Å²) in [6.07, 6.45) is 3.37. The van der Waals surface area contributed by atoms with Gasteiger partial charge in [0.25, 0.3) is 0 Å². The van der Waals surface area contributed by atoms with Crippen molar-refractivity contribution in [1.82, 2.24) is 14.4 Å². The van der Waals surface area contributed by atoms with Crippen LogP contribution in [0, 0.1) is 17.8 Å². The van der Waals surface area contributed by atoms with Gasteiger partial charge in [0.05, 0.1) is 18.3 Å². The summed E-state index contributed by atoms with van der Waals surface area (Å²) in [6, 6.07) is 8.07. The Morgan fingerprint density at radius 2 is 1.91 bits per heavy atom. The molecule has 9 heteroatoms. The highest BCUT2D eigenvalue weighted by Gasteiger charge is 2.30. The van der Waals surface area contributed by atoms with E-state index in [1.807, 2.05) is 30.5 Å². The van der Waals surface area contributed by atoms with E-state index >= 15 is 0 Å². The van der Waals surface area contributed by atoms with E-state index in [4.69, 9.17) is 5.11 Å². The van der Waals surface area contributed by atoms with Gasteiger partial charge in [0.1, 0.15) is 12.3 Å². The average Bonchev–Trinajstić information content (AvgIpc) is 3.38. The van der Waals surface area contributed by atoms with E-state index in [-0.39, 0.29) is 19.0 Å². The van der Waals surface area contributed by atoms with Crippen molar-refractivity contribution in [2.45, 2.75) is 31.9 Å². The number of anilines is 1. The highest BCUT2D eigenvalue weighted by Crippen LogP contribution is 2.37. The first-order valence-corrected chi connectivity index (χ1v) is 11.1. The third-order valence-electron chi connectivity index (χ3n) is 5.85. The summed E-state index contributed by atoms with van der Waals surface area (Å²) in [7, 11) is 0. The molecule has 1 aliphatic heterocycles. The summed E-state index contributed by atoms with van der Waals surface area (Å²) in [5.74, 6) is 6.11. The molecular formula is C25H22F3N5O. The summed E-state index contributed by atoms with van der Waals surface area (Å²) in [4.78, 5) is 13.3. The molecule has 6 nitrogen and oxygen atoms in total. The second kappa shape index (κ2) is 8.95. The molecule has 34 heavy (non-hydrogen) atoms. The predicted octanol–water partition coefficient (Wildman–Crippen LogP) is 4.70. The highest BCUT2D eigenvalue weighted by atomic mass is 19.4. The number of alkyl halides is 3. The summed E-state index contributed by atoms with van der Waals surface area (Å²) >= 11 is 0. The smallest absolute Gasteiger partial charge is 0.384 e. The van der Waals surface area contributed by atoms with Crippen LogP contribution >= 0.6 is 0 Å². The van der Waals surface area contributed by atoms with Crippen molar-refractivity contribution < 1.29 is 18.3 Å². The van der Waals surface area contributed by atoms with Crippen LogP contribution in [0.2, 0.25) is 0 Å². The number of aromatic nitrogens is 3. The summed E-state index contributed by atoms with van der Waals surface area (Å²) in [5, 5.41) is 11.8. The number of aliphatic hydroxyl groups is 1. The number of allylic oxidation sites excluding steroid dienone is 1. The van der Waals surface area contributed by atoms with Gasteiger partial charge in [-0.2, -0.15) is 13.2 Å². The molecule has 5 rings (SSSR count). The van der Waals surface area contributed by atoms with E-state index in [1.165, 1.54) is 24.1 Å². The maximum atomic E-state index is 12.6. The van der Waals surface area contributed by atoms with E-state index < -0.39 is 12.6 Å². The Labute approximate surface area is 194 Å². The molecule has 1 aromatic carbocycles. The minimum Gasteiger partial charge on any atom is -0.384 e. The molecule has 0 saturated heterocycles. The quantitative estimate of drug-likeness (QED) is 0.518. The molecule has 2 N–H and O–H groups in total. The molecule has 0 amide bonds. The number of halogens is 3. The molecule has 0 bridgehead atoms. The number of hydrogen-bond donors (Lipinski definition) is 2. The molecule has 2 aromatic heterocycles. The normalized spacial score (nSPS) is 15.6. The Morgan fingerprint density at radius 3 is 2.62 bits per heavy atom. The van der Waals surface area contributed by atoms with Gasteiger partial charge >= 0.3 is 6.18 Å². The number of hydrogen-bond acceptors (Lipinski definition) is 5. The average molecular weight is 465 g/mol. The van der Waals surface area contributed by atoms with Gasteiger partial charge in [0, 0.05) is 36.6 Å². The molecule has 0 radical (unpaired) electrons. The molecule has 1 saturated carbocycles. The van der Waals surface area contributed by atoms with Crippen molar-refractivity contribution in [3.05, 3.63) is 54.1 Å². The lowest BCUT2D eigenvalue weighted by atomic mass is 9.99. The van der Waals surface area contributed by atoms with Crippen molar-refractivity contribution >= 4 is 22.7 Å².